The fourth-order valence-corrected chi connectivity index (χ4v) is 4.47. The van der Waals surface area contributed by atoms with Gasteiger partial charge in [-0.05, 0) is 57.6 Å². The van der Waals surface area contributed by atoms with Gasteiger partial charge in [0.2, 0.25) is 0 Å². The molecule has 6 nitrogen and oxygen atoms in total. The summed E-state index contributed by atoms with van der Waals surface area (Å²) >= 11 is 6.95. The van der Waals surface area contributed by atoms with Gasteiger partial charge >= 0.3 is 5.69 Å². The maximum Gasteiger partial charge on any atom is 0.311 e. The number of carbonyl (C=O) groups excluding carboxylic acids is 1. The van der Waals surface area contributed by atoms with Crippen LogP contribution in [0.5, 0.6) is 5.75 Å². The maximum atomic E-state index is 12.6. The molecule has 0 radical (unpaired) electrons. The van der Waals surface area contributed by atoms with E-state index >= 15 is 0 Å². The number of nitro groups is 1. The minimum atomic E-state index is -0.617. The fraction of sp³-hybridized carbons (Fsp3) is 0.250. The van der Waals surface area contributed by atoms with Crippen LogP contribution in [0.3, 0.4) is 0 Å². The van der Waals surface area contributed by atoms with E-state index in [-0.39, 0.29) is 17.3 Å². The number of fused-ring (bicyclic) bond motifs is 1. The zero-order valence-electron chi connectivity index (χ0n) is 15.7. The van der Waals surface area contributed by atoms with Crippen LogP contribution >= 0.6 is 31.9 Å². The molecule has 1 aliphatic heterocycles. The number of carbonyl (C=O) groups is 1. The number of hydrogen-bond acceptors (Lipinski definition) is 4. The zero-order valence-corrected chi connectivity index (χ0v) is 18.9. The summed E-state index contributed by atoms with van der Waals surface area (Å²) in [5, 5.41) is 24.6. The Morgan fingerprint density at radius 3 is 2.39 bits per heavy atom. The van der Waals surface area contributed by atoms with Crippen molar-refractivity contribution in [2.45, 2.75) is 33.1 Å². The molecule has 0 aliphatic carbocycles. The van der Waals surface area contributed by atoms with Crippen molar-refractivity contribution >= 4 is 60.8 Å². The molecule has 146 valence electrons. The van der Waals surface area contributed by atoms with Crippen molar-refractivity contribution in [1.29, 1.82) is 0 Å². The SMILES string of the molecule is Cc1c(Br)cc(Br)c2c1C(=Cc1cc([N+](=O)[O-])c(O)c(C(C)(C)C)c1)C(=O)N2. The molecular weight excluding hydrogens is 492 g/mol. The summed E-state index contributed by atoms with van der Waals surface area (Å²) < 4.78 is 1.58. The highest BCUT2D eigenvalue weighted by Crippen LogP contribution is 2.44. The molecule has 3 rings (SSSR count). The standard InChI is InChI=1S/C20H18Br2N2O4/c1-9-13(21)8-14(22)17-16(9)11(19(26)23-17)5-10-6-12(20(2,3)4)18(25)15(7-10)24(27)28/h5-8,25H,1-4H3,(H,23,26). The third kappa shape index (κ3) is 3.46. The maximum absolute atomic E-state index is 12.6. The quantitative estimate of drug-likeness (QED) is 0.298. The van der Waals surface area contributed by atoms with Gasteiger partial charge in [-0.2, -0.15) is 0 Å². The zero-order chi connectivity index (χ0) is 21.0. The van der Waals surface area contributed by atoms with Gasteiger partial charge in [0, 0.05) is 31.7 Å². The molecule has 1 heterocycles. The number of phenolic OH excluding ortho intramolecular Hbond substituents is 1. The smallest absolute Gasteiger partial charge is 0.311 e. The topological polar surface area (TPSA) is 92.5 Å². The van der Waals surface area contributed by atoms with Crippen molar-refractivity contribution in [3.8, 4) is 5.75 Å². The van der Waals surface area contributed by atoms with Crippen molar-refractivity contribution in [3.63, 3.8) is 0 Å². The first kappa shape index (κ1) is 20.5. The number of nitrogens with zero attached hydrogens (tertiary/aromatic N) is 1. The van der Waals surface area contributed by atoms with Crippen molar-refractivity contribution < 1.29 is 14.8 Å². The number of halogens is 2. The molecule has 2 aromatic rings. The number of aromatic hydroxyl groups is 1. The van der Waals surface area contributed by atoms with E-state index in [2.05, 4.69) is 37.2 Å². The summed E-state index contributed by atoms with van der Waals surface area (Å²) in [7, 11) is 0. The Morgan fingerprint density at radius 1 is 1.18 bits per heavy atom. The third-order valence-electron chi connectivity index (χ3n) is 4.66. The predicted octanol–water partition coefficient (Wildman–Crippen LogP) is 5.92. The van der Waals surface area contributed by atoms with Gasteiger partial charge in [-0.25, -0.2) is 0 Å². The van der Waals surface area contributed by atoms with E-state index in [0.717, 1.165) is 20.1 Å². The number of rotatable bonds is 2. The van der Waals surface area contributed by atoms with Crippen molar-refractivity contribution in [2.75, 3.05) is 5.32 Å². The van der Waals surface area contributed by atoms with Crippen LogP contribution < -0.4 is 5.32 Å². The first-order valence-corrected chi connectivity index (χ1v) is 10.0. The van der Waals surface area contributed by atoms with E-state index in [9.17, 15) is 20.0 Å². The minimum absolute atomic E-state index is 0.287. The molecule has 0 fully saturated rings. The van der Waals surface area contributed by atoms with Gasteiger partial charge in [0.15, 0.2) is 5.75 Å². The van der Waals surface area contributed by atoms with Crippen LogP contribution in [0.25, 0.3) is 11.6 Å². The van der Waals surface area contributed by atoms with Gasteiger partial charge in [-0.1, -0.05) is 36.7 Å². The Hall–Kier alpha value is -2.19. The Kier molecular flexibility index (Phi) is 5.14. The van der Waals surface area contributed by atoms with Gasteiger partial charge in [-0.3, -0.25) is 14.9 Å². The fourth-order valence-electron chi connectivity index (χ4n) is 3.21. The minimum Gasteiger partial charge on any atom is -0.502 e. The van der Waals surface area contributed by atoms with E-state index in [1.54, 1.807) is 12.1 Å². The summed E-state index contributed by atoms with van der Waals surface area (Å²) in [6, 6.07) is 4.83. The van der Waals surface area contributed by atoms with E-state index in [4.69, 9.17) is 0 Å². The first-order valence-electron chi connectivity index (χ1n) is 8.45. The van der Waals surface area contributed by atoms with E-state index < -0.39 is 10.3 Å². The van der Waals surface area contributed by atoms with Gasteiger partial charge in [0.05, 0.1) is 10.6 Å². The summed E-state index contributed by atoms with van der Waals surface area (Å²) in [4.78, 5) is 23.4. The van der Waals surface area contributed by atoms with Gasteiger partial charge in [0.1, 0.15) is 0 Å². The lowest BCUT2D eigenvalue weighted by Gasteiger charge is -2.20. The number of phenols is 1. The molecule has 1 amide bonds. The lowest BCUT2D eigenvalue weighted by molar-refractivity contribution is -0.386. The highest BCUT2D eigenvalue weighted by molar-refractivity contribution is 9.11. The third-order valence-corrected chi connectivity index (χ3v) is 6.10. The first-order chi connectivity index (χ1) is 12.9. The molecule has 2 aromatic carbocycles. The number of nitro benzene ring substituents is 1. The second kappa shape index (κ2) is 7.00. The van der Waals surface area contributed by atoms with Gasteiger partial charge < -0.3 is 10.4 Å². The van der Waals surface area contributed by atoms with Crippen molar-refractivity contribution in [3.05, 3.63) is 59.5 Å². The summed E-state index contributed by atoms with van der Waals surface area (Å²) in [5.74, 6) is -0.637. The molecule has 2 N–H and O–H groups in total. The van der Waals surface area contributed by atoms with Crippen LogP contribution in [0.2, 0.25) is 0 Å². The molecule has 0 atom stereocenters. The van der Waals surface area contributed by atoms with Crippen LogP contribution in [0.1, 0.15) is 43.0 Å². The highest BCUT2D eigenvalue weighted by atomic mass is 79.9. The second-order valence-electron chi connectivity index (χ2n) is 7.67. The molecule has 1 aliphatic rings. The molecule has 0 aromatic heterocycles. The molecule has 0 unspecified atom stereocenters. The lowest BCUT2D eigenvalue weighted by Crippen LogP contribution is -2.12. The molecule has 0 spiro atoms. The predicted molar refractivity (Wildman–Crippen MR) is 117 cm³/mol. The number of hydrogen-bond donors (Lipinski definition) is 2. The Balaban J connectivity index is 2.28. The molecule has 0 bridgehead atoms. The number of anilines is 1. The average Bonchev–Trinajstić information content (AvgIpc) is 2.90. The Bertz CT molecular complexity index is 1070. The van der Waals surface area contributed by atoms with Crippen LogP contribution in [-0.4, -0.2) is 15.9 Å². The normalized spacial score (nSPS) is 14.9. The summed E-state index contributed by atoms with van der Waals surface area (Å²) in [5.41, 5.74) is 2.72. The van der Waals surface area contributed by atoms with Crippen LogP contribution in [0.4, 0.5) is 11.4 Å². The second-order valence-corrected chi connectivity index (χ2v) is 9.38. The highest BCUT2D eigenvalue weighted by Gasteiger charge is 2.30. The molecule has 0 saturated heterocycles. The molecular formula is C20H18Br2N2O4. The largest absolute Gasteiger partial charge is 0.502 e. The Morgan fingerprint density at radius 2 is 1.82 bits per heavy atom. The van der Waals surface area contributed by atoms with E-state index in [1.165, 1.54) is 6.07 Å². The lowest BCUT2D eigenvalue weighted by atomic mass is 9.84. The van der Waals surface area contributed by atoms with Crippen molar-refractivity contribution in [2.24, 2.45) is 0 Å². The van der Waals surface area contributed by atoms with Crippen LogP contribution in [0, 0.1) is 17.0 Å². The average molecular weight is 510 g/mol. The van der Waals surface area contributed by atoms with E-state index in [0.29, 0.717) is 22.4 Å². The van der Waals surface area contributed by atoms with Crippen LogP contribution in [0.15, 0.2) is 27.1 Å². The van der Waals surface area contributed by atoms with Gasteiger partial charge in [-0.15, -0.1) is 0 Å². The number of amides is 1. The monoisotopic (exact) mass is 508 g/mol. The Labute approximate surface area is 179 Å². The van der Waals surface area contributed by atoms with E-state index in [1.807, 2.05) is 33.8 Å². The summed E-state index contributed by atoms with van der Waals surface area (Å²) in [6.45, 7) is 7.47. The molecule has 0 saturated carbocycles. The van der Waals surface area contributed by atoms with Crippen LogP contribution in [-0.2, 0) is 10.2 Å². The summed E-state index contributed by atoms with van der Waals surface area (Å²) in [6.07, 6.45) is 1.62. The van der Waals surface area contributed by atoms with Crippen molar-refractivity contribution in [1.82, 2.24) is 0 Å². The molecule has 8 heteroatoms. The number of nitrogens with one attached hydrogen (secondary N) is 1. The number of benzene rings is 2. The molecule has 28 heavy (non-hydrogen) atoms. The van der Waals surface area contributed by atoms with Gasteiger partial charge in [0.25, 0.3) is 5.91 Å².